The fourth-order valence-electron chi connectivity index (χ4n) is 3.42. The highest BCUT2D eigenvalue weighted by Gasteiger charge is 2.27. The molecule has 0 aliphatic carbocycles. The van der Waals surface area contributed by atoms with E-state index in [2.05, 4.69) is 5.32 Å². The van der Waals surface area contributed by atoms with Gasteiger partial charge in [0.2, 0.25) is 0 Å². The molecule has 4 N–H and O–H groups in total. The van der Waals surface area contributed by atoms with Gasteiger partial charge in [-0.3, -0.25) is 15.3 Å². The topological polar surface area (TPSA) is 136 Å². The number of ether oxygens (including phenoxy) is 4. The van der Waals surface area contributed by atoms with Crippen molar-refractivity contribution < 1.29 is 38.9 Å². The second-order valence-corrected chi connectivity index (χ2v) is 7.94. The summed E-state index contributed by atoms with van der Waals surface area (Å²) in [7, 11) is 3.10. The number of hydroxylamine groups is 1. The van der Waals surface area contributed by atoms with Crippen LogP contribution in [0, 0.1) is 0 Å². The summed E-state index contributed by atoms with van der Waals surface area (Å²) in [4.78, 5) is 24.0. The Kier molecular flexibility index (Phi) is 12.7. The summed E-state index contributed by atoms with van der Waals surface area (Å²) in [6, 6.07) is 13.9. The van der Waals surface area contributed by atoms with Crippen LogP contribution in [0.1, 0.15) is 31.4 Å². The zero-order valence-corrected chi connectivity index (χ0v) is 21.2. The van der Waals surface area contributed by atoms with Crippen LogP contribution in [0.15, 0.2) is 72.3 Å². The number of amides is 2. The van der Waals surface area contributed by atoms with Crippen molar-refractivity contribution in [2.75, 3.05) is 32.8 Å². The normalized spacial score (nSPS) is 13.1. The average Bonchev–Trinajstić information content (AvgIpc) is 2.91. The van der Waals surface area contributed by atoms with Crippen LogP contribution >= 0.6 is 0 Å². The van der Waals surface area contributed by atoms with Gasteiger partial charge in [-0.1, -0.05) is 24.3 Å². The number of benzene rings is 2. The second-order valence-electron chi connectivity index (χ2n) is 7.94. The molecule has 37 heavy (non-hydrogen) atoms. The maximum Gasteiger partial charge on any atom is 0.412 e. The van der Waals surface area contributed by atoms with Crippen molar-refractivity contribution in [2.45, 2.75) is 32.0 Å². The highest BCUT2D eigenvalue weighted by Crippen LogP contribution is 2.29. The first-order valence-corrected chi connectivity index (χ1v) is 11.7. The van der Waals surface area contributed by atoms with E-state index in [4.69, 9.17) is 29.3 Å². The van der Waals surface area contributed by atoms with Gasteiger partial charge in [0.25, 0.3) is 5.91 Å². The quantitative estimate of drug-likeness (QED) is 0.128. The third-order valence-electron chi connectivity index (χ3n) is 5.25. The molecule has 0 saturated heterocycles. The Morgan fingerprint density at radius 1 is 1.03 bits per heavy atom. The fourth-order valence-corrected chi connectivity index (χ4v) is 3.42. The minimum absolute atomic E-state index is 0.0996. The fraction of sp³-hybridized carbons (Fsp3) is 0.333. The van der Waals surface area contributed by atoms with Gasteiger partial charge in [-0.2, -0.15) is 0 Å². The van der Waals surface area contributed by atoms with Crippen LogP contribution in [0.4, 0.5) is 10.5 Å². The van der Waals surface area contributed by atoms with E-state index in [1.165, 1.54) is 6.08 Å². The van der Waals surface area contributed by atoms with Gasteiger partial charge in [0.15, 0.2) is 6.10 Å². The average molecular weight is 515 g/mol. The SMILES string of the molecule is COc1ccc(NC(=O)O[C@@H](c2ccc(OCCO)cc2)[C@H](CC/C=C/C(C)=C/C(=O)NO)OC)cc1. The molecule has 2 aromatic carbocycles. The van der Waals surface area contributed by atoms with Gasteiger partial charge < -0.3 is 24.1 Å². The molecule has 0 unspecified atom stereocenters. The minimum atomic E-state index is -0.736. The molecule has 0 aliphatic rings. The van der Waals surface area contributed by atoms with Crippen molar-refractivity contribution in [3.63, 3.8) is 0 Å². The van der Waals surface area contributed by atoms with Crippen LogP contribution < -0.4 is 20.3 Å². The van der Waals surface area contributed by atoms with Gasteiger partial charge in [0.1, 0.15) is 18.1 Å². The highest BCUT2D eigenvalue weighted by molar-refractivity contribution is 5.87. The van der Waals surface area contributed by atoms with Gasteiger partial charge in [0, 0.05) is 18.9 Å². The molecule has 0 fully saturated rings. The Balaban J connectivity index is 2.16. The third kappa shape index (κ3) is 10.3. The Labute approximate surface area is 216 Å². The molecule has 0 saturated carbocycles. The van der Waals surface area contributed by atoms with Crippen molar-refractivity contribution in [1.82, 2.24) is 5.48 Å². The molecule has 2 rings (SSSR count). The van der Waals surface area contributed by atoms with Crippen LogP contribution in [-0.4, -0.2) is 55.9 Å². The van der Waals surface area contributed by atoms with E-state index < -0.39 is 24.2 Å². The van der Waals surface area contributed by atoms with Crippen molar-refractivity contribution in [3.05, 3.63) is 77.9 Å². The van der Waals surface area contributed by atoms with Crippen LogP contribution in [-0.2, 0) is 14.3 Å². The van der Waals surface area contributed by atoms with Gasteiger partial charge in [-0.25, -0.2) is 10.3 Å². The number of anilines is 1. The van der Waals surface area contributed by atoms with Crippen LogP contribution in [0.2, 0.25) is 0 Å². The lowest BCUT2D eigenvalue weighted by Crippen LogP contribution is -2.28. The number of methoxy groups -OCH3 is 2. The number of carbonyl (C=O) groups is 2. The summed E-state index contributed by atoms with van der Waals surface area (Å²) in [6.07, 6.45) is 4.09. The lowest BCUT2D eigenvalue weighted by Gasteiger charge is -2.26. The molecular weight excluding hydrogens is 480 g/mol. The Hall–Kier alpha value is -3.86. The largest absolute Gasteiger partial charge is 0.497 e. The lowest BCUT2D eigenvalue weighted by atomic mass is 10.00. The molecule has 200 valence electrons. The maximum absolute atomic E-state index is 12.8. The first-order chi connectivity index (χ1) is 17.9. The van der Waals surface area contributed by atoms with E-state index in [0.29, 0.717) is 41.2 Å². The number of aliphatic hydroxyl groups excluding tert-OH is 1. The van der Waals surface area contributed by atoms with E-state index in [-0.39, 0.29) is 13.2 Å². The molecule has 0 heterocycles. The molecule has 10 heteroatoms. The van der Waals surface area contributed by atoms with E-state index in [1.54, 1.807) is 81.2 Å². The number of hydrogen-bond acceptors (Lipinski definition) is 8. The monoisotopic (exact) mass is 514 g/mol. The Bertz CT molecular complexity index is 1040. The lowest BCUT2D eigenvalue weighted by molar-refractivity contribution is -0.124. The van der Waals surface area contributed by atoms with Crippen molar-refractivity contribution in [2.24, 2.45) is 0 Å². The van der Waals surface area contributed by atoms with Crippen LogP contribution in [0.3, 0.4) is 0 Å². The second kappa shape index (κ2) is 16.0. The molecule has 0 aliphatic heterocycles. The molecule has 10 nitrogen and oxygen atoms in total. The summed E-state index contributed by atoms with van der Waals surface area (Å²) in [5.41, 5.74) is 3.46. The molecular formula is C27H34N2O8. The third-order valence-corrected chi connectivity index (χ3v) is 5.25. The van der Waals surface area contributed by atoms with Crippen molar-refractivity contribution in [1.29, 1.82) is 0 Å². The summed E-state index contributed by atoms with van der Waals surface area (Å²) in [5, 5.41) is 20.3. The number of rotatable bonds is 14. The highest BCUT2D eigenvalue weighted by atomic mass is 16.6. The molecule has 2 aromatic rings. The summed E-state index contributed by atoms with van der Waals surface area (Å²) in [5.74, 6) is 0.625. The molecule has 0 aromatic heterocycles. The van der Waals surface area contributed by atoms with E-state index in [9.17, 15) is 9.59 Å². The van der Waals surface area contributed by atoms with Gasteiger partial charge in [0.05, 0.1) is 19.8 Å². The van der Waals surface area contributed by atoms with E-state index in [0.717, 1.165) is 0 Å². The molecule has 0 radical (unpaired) electrons. The zero-order chi connectivity index (χ0) is 27.0. The smallest absolute Gasteiger partial charge is 0.412 e. The van der Waals surface area contributed by atoms with Gasteiger partial charge >= 0.3 is 6.09 Å². The van der Waals surface area contributed by atoms with Gasteiger partial charge in [-0.05, 0) is 67.3 Å². The van der Waals surface area contributed by atoms with Crippen LogP contribution in [0.25, 0.3) is 0 Å². The Morgan fingerprint density at radius 3 is 2.30 bits per heavy atom. The predicted molar refractivity (Wildman–Crippen MR) is 138 cm³/mol. The van der Waals surface area contributed by atoms with Crippen LogP contribution in [0.5, 0.6) is 11.5 Å². The maximum atomic E-state index is 12.8. The standard InChI is InChI=1S/C27H34N2O8/c1-19(18-25(31)29-33)6-4-5-7-24(35-3)26(20-8-12-23(13-9-20)36-17-16-30)37-27(32)28-21-10-14-22(34-2)15-11-21/h4,6,8-15,18,24,26,30,33H,5,7,16-17H2,1-3H3,(H,28,32)(H,29,31)/b6-4+,19-18+/t24-,26-/m0/s1. The summed E-state index contributed by atoms with van der Waals surface area (Å²) in [6.45, 7) is 1.80. The van der Waals surface area contributed by atoms with E-state index in [1.807, 2.05) is 6.08 Å². The molecule has 2 amide bonds. The van der Waals surface area contributed by atoms with E-state index >= 15 is 0 Å². The zero-order valence-electron chi connectivity index (χ0n) is 21.2. The predicted octanol–water partition coefficient (Wildman–Crippen LogP) is 4.16. The Morgan fingerprint density at radius 2 is 1.70 bits per heavy atom. The van der Waals surface area contributed by atoms with Crippen molar-refractivity contribution >= 4 is 17.7 Å². The minimum Gasteiger partial charge on any atom is -0.497 e. The molecule has 0 bridgehead atoms. The number of hydrogen-bond donors (Lipinski definition) is 4. The number of aliphatic hydroxyl groups is 1. The first kappa shape index (κ1) is 29.4. The number of nitrogens with one attached hydrogen (secondary N) is 2. The summed E-state index contributed by atoms with van der Waals surface area (Å²) >= 11 is 0. The molecule has 2 atom stereocenters. The number of allylic oxidation sites excluding steroid dienone is 3. The molecule has 0 spiro atoms. The number of carbonyl (C=O) groups excluding carboxylic acids is 2. The summed E-state index contributed by atoms with van der Waals surface area (Å²) < 4.78 is 22.1. The van der Waals surface area contributed by atoms with Gasteiger partial charge in [-0.15, -0.1) is 0 Å². The van der Waals surface area contributed by atoms with Crippen molar-refractivity contribution in [3.8, 4) is 11.5 Å². The first-order valence-electron chi connectivity index (χ1n) is 11.7.